The Balaban J connectivity index is 2.38. The zero-order valence-electron chi connectivity index (χ0n) is 10.2. The number of benzene rings is 1. The molecular weight excluding hydrogens is 230 g/mol. The molecule has 96 valence electrons. The first-order chi connectivity index (χ1) is 8.77. The maximum atomic E-state index is 11.7. The van der Waals surface area contributed by atoms with Crippen molar-refractivity contribution < 1.29 is 14.3 Å². The molecule has 0 aromatic heterocycles. The molecule has 0 saturated heterocycles. The molecule has 1 rings (SSSR count). The summed E-state index contributed by atoms with van der Waals surface area (Å²) >= 11 is 0. The van der Waals surface area contributed by atoms with Gasteiger partial charge in [0.05, 0.1) is 0 Å². The first kappa shape index (κ1) is 14.1. The minimum Gasteiger partial charge on any atom is -0.459 e. The van der Waals surface area contributed by atoms with E-state index in [1.807, 2.05) is 30.3 Å². The number of esters is 1. The maximum Gasteiger partial charge on any atom is 0.331 e. The number of carbonyl (C=O) groups excluding carboxylic acids is 2. The Morgan fingerprint density at radius 3 is 2.72 bits per heavy atom. The highest BCUT2D eigenvalue weighted by atomic mass is 16.5. The molecule has 0 heterocycles. The average molecular weight is 247 g/mol. The lowest BCUT2D eigenvalue weighted by molar-refractivity contribution is -0.146. The van der Waals surface area contributed by atoms with Crippen LogP contribution in [0, 0.1) is 0 Å². The van der Waals surface area contributed by atoms with Crippen LogP contribution in [-0.4, -0.2) is 25.0 Å². The molecule has 0 radical (unpaired) electrons. The van der Waals surface area contributed by atoms with E-state index in [0.717, 1.165) is 11.8 Å². The van der Waals surface area contributed by atoms with Crippen LogP contribution >= 0.6 is 0 Å². The predicted octanol–water partition coefficient (Wildman–Crippen LogP) is 2.17. The Morgan fingerprint density at radius 2 is 2.11 bits per heavy atom. The molecule has 0 unspecified atom stereocenters. The van der Waals surface area contributed by atoms with Gasteiger partial charge in [0.2, 0.25) is 0 Å². The highest BCUT2D eigenvalue weighted by molar-refractivity contribution is 5.76. The summed E-state index contributed by atoms with van der Waals surface area (Å²) in [6, 6.07) is 8.87. The number of aldehydes is 1. The minimum atomic E-state index is -0.575. The van der Waals surface area contributed by atoms with Crippen LogP contribution in [0.1, 0.15) is 24.8 Å². The van der Waals surface area contributed by atoms with Gasteiger partial charge in [-0.2, -0.15) is 0 Å². The van der Waals surface area contributed by atoms with Crippen molar-refractivity contribution in [1.82, 2.24) is 0 Å². The van der Waals surface area contributed by atoms with Gasteiger partial charge in [0.25, 0.3) is 0 Å². The molecule has 0 aliphatic carbocycles. The summed E-state index contributed by atoms with van der Waals surface area (Å²) in [6.45, 7) is 3.61. The number of carbonyl (C=O) groups is 2. The van der Waals surface area contributed by atoms with Crippen LogP contribution in [0.3, 0.4) is 0 Å². The fourth-order valence-corrected chi connectivity index (χ4v) is 1.50. The van der Waals surface area contributed by atoms with Crippen LogP contribution < -0.4 is 0 Å². The van der Waals surface area contributed by atoms with Crippen LogP contribution in [0.2, 0.25) is 0 Å². The molecule has 4 nitrogen and oxygen atoms in total. The van der Waals surface area contributed by atoms with E-state index in [1.165, 1.54) is 0 Å². The van der Waals surface area contributed by atoms with Crippen LogP contribution in [0.15, 0.2) is 35.3 Å². The summed E-state index contributed by atoms with van der Waals surface area (Å²) in [5.41, 5.74) is 0.932. The van der Waals surface area contributed by atoms with Crippen LogP contribution in [0.4, 0.5) is 0 Å². The summed E-state index contributed by atoms with van der Waals surface area (Å²) in [5, 5.41) is 0. The second-order valence-electron chi connectivity index (χ2n) is 3.89. The van der Waals surface area contributed by atoms with Gasteiger partial charge in [-0.15, -0.1) is 0 Å². The second-order valence-corrected chi connectivity index (χ2v) is 3.89. The Bertz CT molecular complexity index is 389. The largest absolute Gasteiger partial charge is 0.459 e. The molecule has 0 bridgehead atoms. The van der Waals surface area contributed by atoms with E-state index in [2.05, 4.69) is 11.7 Å². The molecule has 0 fully saturated rings. The maximum absolute atomic E-state index is 11.7. The van der Waals surface area contributed by atoms with Gasteiger partial charge in [0, 0.05) is 6.42 Å². The molecule has 18 heavy (non-hydrogen) atoms. The zero-order valence-corrected chi connectivity index (χ0v) is 10.2. The van der Waals surface area contributed by atoms with Gasteiger partial charge in [-0.05, 0) is 25.1 Å². The van der Waals surface area contributed by atoms with Crippen molar-refractivity contribution in [2.24, 2.45) is 4.99 Å². The Morgan fingerprint density at radius 1 is 1.39 bits per heavy atom. The number of aliphatic imine (C=N–C) groups is 1. The SMILES string of the molecule is C=N[C@@H](CCCC=O)C(=O)OCc1ccccc1. The summed E-state index contributed by atoms with van der Waals surface area (Å²) < 4.78 is 5.15. The molecule has 1 atom stereocenters. The zero-order chi connectivity index (χ0) is 13.2. The fourth-order valence-electron chi connectivity index (χ4n) is 1.50. The van der Waals surface area contributed by atoms with Crippen molar-refractivity contribution in [3.63, 3.8) is 0 Å². The van der Waals surface area contributed by atoms with E-state index >= 15 is 0 Å². The third-order valence-corrected chi connectivity index (χ3v) is 2.52. The molecule has 0 spiro atoms. The van der Waals surface area contributed by atoms with Gasteiger partial charge in [-0.3, -0.25) is 4.99 Å². The van der Waals surface area contributed by atoms with Crippen LogP contribution in [0.25, 0.3) is 0 Å². The van der Waals surface area contributed by atoms with E-state index in [4.69, 9.17) is 4.74 Å². The van der Waals surface area contributed by atoms with E-state index in [9.17, 15) is 9.59 Å². The van der Waals surface area contributed by atoms with Gasteiger partial charge in [-0.1, -0.05) is 30.3 Å². The minimum absolute atomic E-state index is 0.235. The van der Waals surface area contributed by atoms with Crippen LogP contribution in [-0.2, 0) is 20.9 Å². The number of hydrogen-bond donors (Lipinski definition) is 0. The van der Waals surface area contributed by atoms with Crippen molar-refractivity contribution in [3.05, 3.63) is 35.9 Å². The number of ether oxygens (including phenoxy) is 1. The van der Waals surface area contributed by atoms with Gasteiger partial charge in [0.1, 0.15) is 18.9 Å². The molecule has 0 N–H and O–H groups in total. The van der Waals surface area contributed by atoms with E-state index in [-0.39, 0.29) is 12.6 Å². The molecule has 0 saturated carbocycles. The first-order valence-electron chi connectivity index (χ1n) is 5.88. The summed E-state index contributed by atoms with van der Waals surface area (Å²) in [6.07, 6.45) is 2.37. The highest BCUT2D eigenvalue weighted by Crippen LogP contribution is 2.08. The standard InChI is InChI=1S/C14H17NO3/c1-15-13(9-5-6-10-16)14(17)18-11-12-7-3-2-4-8-12/h2-4,7-8,10,13H,1,5-6,9,11H2/t13-/m0/s1. The number of nitrogens with zero attached hydrogens (tertiary/aromatic N) is 1. The van der Waals surface area contributed by atoms with Crippen molar-refractivity contribution >= 4 is 19.0 Å². The van der Waals surface area contributed by atoms with E-state index < -0.39 is 6.04 Å². The predicted molar refractivity (Wildman–Crippen MR) is 69.5 cm³/mol. The third-order valence-electron chi connectivity index (χ3n) is 2.52. The first-order valence-corrected chi connectivity index (χ1v) is 5.88. The van der Waals surface area contributed by atoms with E-state index in [0.29, 0.717) is 19.3 Å². The van der Waals surface area contributed by atoms with Crippen molar-refractivity contribution in [3.8, 4) is 0 Å². The molecule has 0 aliphatic heterocycles. The average Bonchev–Trinajstić information content (AvgIpc) is 2.42. The van der Waals surface area contributed by atoms with Crippen LogP contribution in [0.5, 0.6) is 0 Å². The van der Waals surface area contributed by atoms with E-state index in [1.54, 1.807) is 0 Å². The summed E-state index contributed by atoms with van der Waals surface area (Å²) in [7, 11) is 0. The second kappa shape index (κ2) is 8.17. The summed E-state index contributed by atoms with van der Waals surface area (Å²) in [4.78, 5) is 25.6. The molecule has 4 heteroatoms. The molecule has 0 amide bonds. The topological polar surface area (TPSA) is 55.7 Å². The Labute approximate surface area is 107 Å². The lowest BCUT2D eigenvalue weighted by atomic mass is 10.1. The molecule has 0 aliphatic rings. The summed E-state index contributed by atoms with van der Waals surface area (Å²) in [5.74, 6) is -0.389. The number of hydrogen-bond acceptors (Lipinski definition) is 4. The Hall–Kier alpha value is -1.97. The lowest BCUT2D eigenvalue weighted by Gasteiger charge is -2.11. The molecule has 1 aromatic rings. The van der Waals surface area contributed by atoms with Gasteiger partial charge < -0.3 is 9.53 Å². The number of rotatable bonds is 8. The van der Waals surface area contributed by atoms with Crippen molar-refractivity contribution in [2.45, 2.75) is 31.9 Å². The molecular formula is C14H17NO3. The number of unbranched alkanes of at least 4 members (excludes halogenated alkanes) is 1. The molecule has 1 aromatic carbocycles. The van der Waals surface area contributed by atoms with Gasteiger partial charge >= 0.3 is 5.97 Å². The van der Waals surface area contributed by atoms with Gasteiger partial charge in [-0.25, -0.2) is 4.79 Å². The van der Waals surface area contributed by atoms with Gasteiger partial charge in [0.15, 0.2) is 0 Å². The smallest absolute Gasteiger partial charge is 0.331 e. The third kappa shape index (κ3) is 4.91. The normalized spacial score (nSPS) is 11.6. The Kier molecular flexibility index (Phi) is 6.40. The quantitative estimate of drug-likeness (QED) is 0.306. The van der Waals surface area contributed by atoms with Crippen molar-refractivity contribution in [2.75, 3.05) is 0 Å². The fraction of sp³-hybridized carbons (Fsp3) is 0.357. The lowest BCUT2D eigenvalue weighted by Crippen LogP contribution is -2.21. The van der Waals surface area contributed by atoms with Crippen molar-refractivity contribution in [1.29, 1.82) is 0 Å². The monoisotopic (exact) mass is 247 g/mol. The highest BCUT2D eigenvalue weighted by Gasteiger charge is 2.17.